The van der Waals surface area contributed by atoms with Gasteiger partial charge in [-0.25, -0.2) is 0 Å². The van der Waals surface area contributed by atoms with E-state index in [-0.39, 0.29) is 18.9 Å². The maximum atomic E-state index is 12.3. The minimum Gasteiger partial charge on any atom is -0.394 e. The molecule has 0 aromatic carbocycles. The fraction of sp³-hybridized carbons (Fsp3) is 0.919. The Morgan fingerprint density at radius 3 is 1.38 bits per heavy atom. The smallest absolute Gasteiger partial charge is 0.222 e. The zero-order valence-electron chi connectivity index (χ0n) is 28.1. The third-order valence-electron chi connectivity index (χ3n) is 8.57. The molecular weight excluding hydrogens is 522 g/mol. The Labute approximate surface area is 261 Å². The molecule has 42 heavy (non-hydrogen) atoms. The van der Waals surface area contributed by atoms with Crippen LogP contribution in [0.1, 0.15) is 194 Å². The topological polar surface area (TPSA) is 89.8 Å². The van der Waals surface area contributed by atoms with Gasteiger partial charge in [0.1, 0.15) is 0 Å². The average molecular weight is 596 g/mol. The van der Waals surface area contributed by atoms with Gasteiger partial charge in [0.2, 0.25) is 5.91 Å². The van der Waals surface area contributed by atoms with Gasteiger partial charge in [0.25, 0.3) is 0 Å². The highest BCUT2D eigenvalue weighted by molar-refractivity contribution is 5.76. The molecule has 0 bridgehead atoms. The van der Waals surface area contributed by atoms with Crippen LogP contribution in [0.2, 0.25) is 0 Å². The molecule has 0 saturated carbocycles. The summed E-state index contributed by atoms with van der Waals surface area (Å²) in [6.07, 6.45) is 36.2. The Hall–Kier alpha value is -0.910. The molecule has 0 rings (SSSR count). The van der Waals surface area contributed by atoms with Gasteiger partial charge in [-0.2, -0.15) is 0 Å². The second kappa shape index (κ2) is 33.0. The first-order valence-corrected chi connectivity index (χ1v) is 18.5. The third kappa shape index (κ3) is 29.2. The summed E-state index contributed by atoms with van der Waals surface area (Å²) in [4.78, 5) is 12.3. The van der Waals surface area contributed by atoms with Gasteiger partial charge in [-0.1, -0.05) is 180 Å². The molecule has 0 fully saturated rings. The van der Waals surface area contributed by atoms with E-state index in [9.17, 15) is 20.1 Å². The predicted octanol–water partition coefficient (Wildman–Crippen LogP) is 9.70. The monoisotopic (exact) mass is 596 g/mol. The Kier molecular flexibility index (Phi) is 32.3. The van der Waals surface area contributed by atoms with Crippen LogP contribution in [0.3, 0.4) is 0 Å². The second-order valence-electron chi connectivity index (χ2n) is 12.8. The lowest BCUT2D eigenvalue weighted by Gasteiger charge is -2.21. The number of amides is 1. The highest BCUT2D eigenvalue weighted by Crippen LogP contribution is 2.15. The van der Waals surface area contributed by atoms with Crippen LogP contribution in [0.25, 0.3) is 0 Å². The first kappa shape index (κ1) is 41.1. The first-order valence-electron chi connectivity index (χ1n) is 18.5. The normalized spacial score (nSPS) is 13.9. The van der Waals surface area contributed by atoms with E-state index in [0.717, 1.165) is 25.7 Å². The van der Waals surface area contributed by atoms with Crippen LogP contribution < -0.4 is 5.32 Å². The van der Waals surface area contributed by atoms with Gasteiger partial charge in [0.15, 0.2) is 0 Å². The number of hydrogen-bond donors (Lipinski definition) is 4. The summed E-state index contributed by atoms with van der Waals surface area (Å²) in [5.74, 6) is -0.315. The van der Waals surface area contributed by atoms with E-state index < -0.39 is 18.2 Å². The molecule has 5 nitrogen and oxygen atoms in total. The van der Waals surface area contributed by atoms with Crippen LogP contribution in [0.15, 0.2) is 12.2 Å². The quantitative estimate of drug-likeness (QED) is 0.0449. The summed E-state index contributed by atoms with van der Waals surface area (Å²) < 4.78 is 0. The van der Waals surface area contributed by atoms with Crippen LogP contribution in [0.4, 0.5) is 0 Å². The standard InChI is InChI=1S/C37H73NO4/c1-3-5-7-9-11-13-15-17-19-21-23-25-27-29-31-36(41)35(33-39)38-37(42)32-34(40)30-28-26-24-22-20-18-16-14-12-10-8-6-4-2/h29,31,34-36,39-41H,3-28,30,32-33H2,1-2H3,(H,38,42)/b31-29+. The number of nitrogens with one attached hydrogen (secondary N) is 1. The van der Waals surface area contributed by atoms with Crippen molar-refractivity contribution in [3.63, 3.8) is 0 Å². The fourth-order valence-electron chi connectivity index (χ4n) is 5.69. The Morgan fingerprint density at radius 2 is 0.976 bits per heavy atom. The molecule has 5 heteroatoms. The molecular formula is C37H73NO4. The summed E-state index contributed by atoms with van der Waals surface area (Å²) >= 11 is 0. The van der Waals surface area contributed by atoms with Crippen molar-refractivity contribution < 1.29 is 20.1 Å². The number of aliphatic hydroxyl groups excluding tert-OH is 3. The molecule has 0 radical (unpaired) electrons. The Bertz CT molecular complexity index is 582. The molecule has 250 valence electrons. The molecule has 0 aromatic heterocycles. The lowest BCUT2D eigenvalue weighted by atomic mass is 10.0. The molecule has 0 aromatic rings. The van der Waals surface area contributed by atoms with Crippen molar-refractivity contribution in [2.24, 2.45) is 0 Å². The largest absolute Gasteiger partial charge is 0.394 e. The summed E-state index contributed by atoms with van der Waals surface area (Å²) in [7, 11) is 0. The molecule has 0 aliphatic rings. The Balaban J connectivity index is 3.72. The average Bonchev–Trinajstić information content (AvgIpc) is 2.98. The summed E-state index contributed by atoms with van der Waals surface area (Å²) in [5.41, 5.74) is 0. The van der Waals surface area contributed by atoms with Crippen molar-refractivity contribution >= 4 is 5.91 Å². The highest BCUT2D eigenvalue weighted by Gasteiger charge is 2.20. The molecule has 0 spiro atoms. The number of aliphatic hydroxyl groups is 3. The maximum absolute atomic E-state index is 12.3. The zero-order valence-corrected chi connectivity index (χ0v) is 28.1. The summed E-state index contributed by atoms with van der Waals surface area (Å²) in [5, 5.41) is 33.0. The number of rotatable bonds is 33. The predicted molar refractivity (Wildman–Crippen MR) is 181 cm³/mol. The van der Waals surface area contributed by atoms with E-state index in [4.69, 9.17) is 0 Å². The molecule has 3 atom stereocenters. The highest BCUT2D eigenvalue weighted by atomic mass is 16.3. The van der Waals surface area contributed by atoms with E-state index in [1.165, 1.54) is 141 Å². The van der Waals surface area contributed by atoms with Crippen molar-refractivity contribution in [3.05, 3.63) is 12.2 Å². The van der Waals surface area contributed by atoms with Crippen LogP contribution in [-0.2, 0) is 4.79 Å². The maximum Gasteiger partial charge on any atom is 0.222 e. The van der Waals surface area contributed by atoms with Crippen molar-refractivity contribution in [3.8, 4) is 0 Å². The second-order valence-corrected chi connectivity index (χ2v) is 12.8. The third-order valence-corrected chi connectivity index (χ3v) is 8.57. The van der Waals surface area contributed by atoms with Gasteiger partial charge in [-0.3, -0.25) is 4.79 Å². The SMILES string of the molecule is CCCCCCCCCCCCCC/C=C/C(O)C(CO)NC(=O)CC(O)CCCCCCCCCCCCCCC. The van der Waals surface area contributed by atoms with Crippen LogP contribution >= 0.6 is 0 Å². The molecule has 1 amide bonds. The van der Waals surface area contributed by atoms with Gasteiger partial charge < -0.3 is 20.6 Å². The van der Waals surface area contributed by atoms with Gasteiger partial charge >= 0.3 is 0 Å². The van der Waals surface area contributed by atoms with E-state index in [1.54, 1.807) is 6.08 Å². The van der Waals surface area contributed by atoms with Crippen molar-refractivity contribution in [1.82, 2.24) is 5.32 Å². The zero-order chi connectivity index (χ0) is 30.9. The lowest BCUT2D eigenvalue weighted by Crippen LogP contribution is -2.45. The number of hydrogen-bond acceptors (Lipinski definition) is 4. The molecule has 0 aliphatic carbocycles. The van der Waals surface area contributed by atoms with E-state index >= 15 is 0 Å². The van der Waals surface area contributed by atoms with Gasteiger partial charge in [0.05, 0.1) is 31.3 Å². The van der Waals surface area contributed by atoms with Crippen molar-refractivity contribution in [1.29, 1.82) is 0 Å². The number of carbonyl (C=O) groups is 1. The van der Waals surface area contributed by atoms with Crippen LogP contribution in [-0.4, -0.2) is 46.1 Å². The number of carbonyl (C=O) groups excluding carboxylic acids is 1. The van der Waals surface area contributed by atoms with E-state index in [2.05, 4.69) is 19.2 Å². The van der Waals surface area contributed by atoms with Gasteiger partial charge in [-0.15, -0.1) is 0 Å². The van der Waals surface area contributed by atoms with Gasteiger partial charge in [0, 0.05) is 0 Å². The number of allylic oxidation sites excluding steroid dienone is 1. The van der Waals surface area contributed by atoms with E-state index in [1.807, 2.05) is 6.08 Å². The fourth-order valence-corrected chi connectivity index (χ4v) is 5.69. The molecule has 0 heterocycles. The molecule has 0 saturated heterocycles. The summed E-state index contributed by atoms with van der Waals surface area (Å²) in [6.45, 7) is 4.20. The van der Waals surface area contributed by atoms with Crippen molar-refractivity contribution in [2.75, 3.05) is 6.61 Å². The van der Waals surface area contributed by atoms with Gasteiger partial charge in [-0.05, 0) is 19.3 Å². The molecule has 0 aliphatic heterocycles. The molecule has 4 N–H and O–H groups in total. The minimum absolute atomic E-state index is 0.0179. The lowest BCUT2D eigenvalue weighted by molar-refractivity contribution is -0.124. The van der Waals surface area contributed by atoms with Crippen molar-refractivity contribution in [2.45, 2.75) is 212 Å². The van der Waals surface area contributed by atoms with Crippen LogP contribution in [0.5, 0.6) is 0 Å². The first-order chi connectivity index (χ1) is 20.5. The molecule has 3 unspecified atom stereocenters. The number of unbranched alkanes of at least 4 members (excludes halogenated alkanes) is 24. The minimum atomic E-state index is -0.922. The summed E-state index contributed by atoms with van der Waals surface area (Å²) in [6, 6.07) is -0.737. The van der Waals surface area contributed by atoms with E-state index in [0.29, 0.717) is 6.42 Å². The Morgan fingerprint density at radius 1 is 0.595 bits per heavy atom. The van der Waals surface area contributed by atoms with Crippen LogP contribution in [0, 0.1) is 0 Å².